The molecule has 0 N–H and O–H groups in total. The summed E-state index contributed by atoms with van der Waals surface area (Å²) >= 11 is 0. The summed E-state index contributed by atoms with van der Waals surface area (Å²) in [6.45, 7) is 10.00. The van der Waals surface area contributed by atoms with E-state index in [0.717, 1.165) is 12.0 Å². The van der Waals surface area contributed by atoms with Gasteiger partial charge in [0.2, 0.25) is 0 Å². The van der Waals surface area contributed by atoms with E-state index in [0.29, 0.717) is 6.10 Å². The Balaban J connectivity index is 3.82. The van der Waals surface area contributed by atoms with Crippen molar-refractivity contribution in [2.45, 2.75) is 33.3 Å². The Morgan fingerprint density at radius 2 is 2.09 bits per heavy atom. The summed E-state index contributed by atoms with van der Waals surface area (Å²) in [6, 6.07) is 0. The van der Waals surface area contributed by atoms with Crippen molar-refractivity contribution in [3.8, 4) is 0 Å². The van der Waals surface area contributed by atoms with Crippen LogP contribution in [0, 0.1) is 0 Å². The van der Waals surface area contributed by atoms with Crippen LogP contribution in [-0.4, -0.2) is 13.2 Å². The average molecular weight is 154 g/mol. The average Bonchev–Trinajstić information content (AvgIpc) is 1.99. The maximum absolute atomic E-state index is 5.11. The van der Waals surface area contributed by atoms with Crippen molar-refractivity contribution >= 4 is 0 Å². The standard InChI is InChI=1S/C10H18O/c1-8(2)9(3)6-7-10(4)11-5/h6,10H,1,7H2,2-5H3/b9-6+. The zero-order valence-corrected chi connectivity index (χ0v) is 7.98. The number of allylic oxidation sites excluding steroid dienone is 2. The highest BCUT2D eigenvalue weighted by Crippen LogP contribution is 2.08. The van der Waals surface area contributed by atoms with Crippen LogP contribution in [-0.2, 0) is 4.74 Å². The smallest absolute Gasteiger partial charge is 0.0577 e. The summed E-state index contributed by atoms with van der Waals surface area (Å²) in [5.41, 5.74) is 2.39. The molecule has 0 heterocycles. The molecule has 0 amide bonds. The van der Waals surface area contributed by atoms with Gasteiger partial charge in [0, 0.05) is 7.11 Å². The molecule has 1 unspecified atom stereocenters. The normalized spacial score (nSPS) is 14.7. The van der Waals surface area contributed by atoms with Crippen LogP contribution in [0.1, 0.15) is 27.2 Å². The van der Waals surface area contributed by atoms with Crippen LogP contribution in [0.25, 0.3) is 0 Å². The molecule has 11 heavy (non-hydrogen) atoms. The Kier molecular flexibility index (Phi) is 4.88. The van der Waals surface area contributed by atoms with E-state index >= 15 is 0 Å². The second kappa shape index (κ2) is 5.14. The van der Waals surface area contributed by atoms with Crippen molar-refractivity contribution in [1.82, 2.24) is 0 Å². The highest BCUT2D eigenvalue weighted by Gasteiger charge is 1.95. The summed E-state index contributed by atoms with van der Waals surface area (Å²) in [5, 5.41) is 0. The lowest BCUT2D eigenvalue weighted by atomic mass is 10.1. The van der Waals surface area contributed by atoms with Gasteiger partial charge in [-0.2, -0.15) is 0 Å². The van der Waals surface area contributed by atoms with Gasteiger partial charge in [-0.3, -0.25) is 0 Å². The number of hydrogen-bond acceptors (Lipinski definition) is 1. The van der Waals surface area contributed by atoms with Crippen molar-refractivity contribution < 1.29 is 4.74 Å². The molecule has 0 aliphatic carbocycles. The van der Waals surface area contributed by atoms with E-state index in [9.17, 15) is 0 Å². The molecule has 0 spiro atoms. The molecule has 0 aromatic carbocycles. The van der Waals surface area contributed by atoms with E-state index < -0.39 is 0 Å². The molecule has 1 heteroatoms. The molecule has 0 saturated carbocycles. The van der Waals surface area contributed by atoms with Crippen molar-refractivity contribution in [2.75, 3.05) is 7.11 Å². The molecule has 0 fully saturated rings. The minimum absolute atomic E-state index is 0.310. The van der Waals surface area contributed by atoms with Crippen LogP contribution in [0.3, 0.4) is 0 Å². The quantitative estimate of drug-likeness (QED) is 0.566. The molecule has 0 aliphatic heterocycles. The molecule has 0 bridgehead atoms. The van der Waals surface area contributed by atoms with Crippen LogP contribution in [0.5, 0.6) is 0 Å². The molecule has 0 aromatic rings. The summed E-state index contributed by atoms with van der Waals surface area (Å²) in [4.78, 5) is 0. The van der Waals surface area contributed by atoms with Crippen LogP contribution < -0.4 is 0 Å². The third-order valence-electron chi connectivity index (χ3n) is 1.83. The van der Waals surface area contributed by atoms with Gasteiger partial charge in [0.25, 0.3) is 0 Å². The Morgan fingerprint density at radius 3 is 2.45 bits per heavy atom. The molecule has 0 saturated heterocycles. The van der Waals surface area contributed by atoms with Gasteiger partial charge in [-0.25, -0.2) is 0 Å². The Hall–Kier alpha value is -0.560. The lowest BCUT2D eigenvalue weighted by Gasteiger charge is -2.06. The monoisotopic (exact) mass is 154 g/mol. The molecule has 0 aromatic heterocycles. The van der Waals surface area contributed by atoms with E-state index in [-0.39, 0.29) is 0 Å². The zero-order chi connectivity index (χ0) is 8.85. The molecule has 1 atom stereocenters. The maximum atomic E-state index is 5.11. The molecule has 0 aliphatic rings. The second-order valence-electron chi connectivity index (χ2n) is 2.95. The van der Waals surface area contributed by atoms with E-state index in [1.807, 2.05) is 6.92 Å². The fraction of sp³-hybridized carbons (Fsp3) is 0.600. The lowest BCUT2D eigenvalue weighted by molar-refractivity contribution is 0.121. The summed E-state index contributed by atoms with van der Waals surface area (Å²) in [6.07, 6.45) is 3.44. The zero-order valence-electron chi connectivity index (χ0n) is 7.98. The maximum Gasteiger partial charge on any atom is 0.0577 e. The second-order valence-corrected chi connectivity index (χ2v) is 2.95. The van der Waals surface area contributed by atoms with Gasteiger partial charge in [0.15, 0.2) is 0 Å². The first-order valence-corrected chi connectivity index (χ1v) is 3.93. The van der Waals surface area contributed by atoms with Crippen molar-refractivity contribution in [3.63, 3.8) is 0 Å². The first kappa shape index (κ1) is 10.4. The van der Waals surface area contributed by atoms with Crippen molar-refractivity contribution in [3.05, 3.63) is 23.8 Å². The van der Waals surface area contributed by atoms with Gasteiger partial charge in [-0.05, 0) is 27.2 Å². The molecule has 0 radical (unpaired) electrons. The van der Waals surface area contributed by atoms with Crippen molar-refractivity contribution in [2.24, 2.45) is 0 Å². The minimum Gasteiger partial charge on any atom is -0.381 e. The van der Waals surface area contributed by atoms with Crippen LogP contribution in [0.4, 0.5) is 0 Å². The van der Waals surface area contributed by atoms with Gasteiger partial charge < -0.3 is 4.74 Å². The lowest BCUT2D eigenvalue weighted by Crippen LogP contribution is -2.02. The minimum atomic E-state index is 0.310. The SMILES string of the molecule is C=C(C)/C(C)=C/CC(C)OC. The number of ether oxygens (including phenoxy) is 1. The highest BCUT2D eigenvalue weighted by atomic mass is 16.5. The molecular weight excluding hydrogens is 136 g/mol. The van der Waals surface area contributed by atoms with Crippen LogP contribution in [0.15, 0.2) is 23.8 Å². The first-order valence-electron chi connectivity index (χ1n) is 3.93. The Morgan fingerprint density at radius 1 is 1.55 bits per heavy atom. The summed E-state index contributed by atoms with van der Waals surface area (Å²) in [7, 11) is 1.73. The molecule has 64 valence electrons. The topological polar surface area (TPSA) is 9.23 Å². The van der Waals surface area contributed by atoms with Gasteiger partial charge in [0.05, 0.1) is 6.10 Å². The van der Waals surface area contributed by atoms with E-state index in [1.165, 1.54) is 5.57 Å². The van der Waals surface area contributed by atoms with Crippen molar-refractivity contribution in [1.29, 1.82) is 0 Å². The Labute approximate surface area is 69.8 Å². The predicted molar refractivity (Wildman–Crippen MR) is 49.7 cm³/mol. The third-order valence-corrected chi connectivity index (χ3v) is 1.83. The van der Waals surface area contributed by atoms with E-state index in [1.54, 1.807) is 7.11 Å². The fourth-order valence-electron chi connectivity index (χ4n) is 0.613. The Bertz CT molecular complexity index is 156. The number of rotatable bonds is 4. The fourth-order valence-corrected chi connectivity index (χ4v) is 0.613. The molecule has 1 nitrogen and oxygen atoms in total. The number of methoxy groups -OCH3 is 1. The first-order chi connectivity index (χ1) is 5.07. The van der Waals surface area contributed by atoms with Crippen LogP contribution >= 0.6 is 0 Å². The molecular formula is C10H18O. The van der Waals surface area contributed by atoms with Gasteiger partial charge in [-0.15, -0.1) is 0 Å². The van der Waals surface area contributed by atoms with E-state index in [4.69, 9.17) is 4.74 Å². The van der Waals surface area contributed by atoms with Gasteiger partial charge in [0.1, 0.15) is 0 Å². The number of hydrogen-bond donors (Lipinski definition) is 0. The molecule has 0 rings (SSSR count). The van der Waals surface area contributed by atoms with E-state index in [2.05, 4.69) is 26.5 Å². The van der Waals surface area contributed by atoms with Gasteiger partial charge in [-0.1, -0.05) is 23.8 Å². The largest absolute Gasteiger partial charge is 0.381 e. The summed E-state index contributed by atoms with van der Waals surface area (Å²) < 4.78 is 5.11. The third kappa shape index (κ3) is 4.79. The summed E-state index contributed by atoms with van der Waals surface area (Å²) in [5.74, 6) is 0. The van der Waals surface area contributed by atoms with Gasteiger partial charge >= 0.3 is 0 Å². The predicted octanol–water partition coefficient (Wildman–Crippen LogP) is 2.93. The highest BCUT2D eigenvalue weighted by molar-refractivity contribution is 5.23. The van der Waals surface area contributed by atoms with Crippen LogP contribution in [0.2, 0.25) is 0 Å².